The standard InChI is InChI=1S/C18H20ClN/c1-12-7-8-13(11-17(12)19)14-9-10-18(20-2)16-6-4-3-5-15(14)16/h3-8,11,14,18,20H,9-10H2,1-2H3. The Balaban J connectivity index is 2.05. The van der Waals surface area contributed by atoms with Gasteiger partial charge in [-0.2, -0.15) is 0 Å². The van der Waals surface area contributed by atoms with Gasteiger partial charge in [-0.25, -0.2) is 0 Å². The maximum atomic E-state index is 6.30. The monoisotopic (exact) mass is 285 g/mol. The van der Waals surface area contributed by atoms with E-state index in [0.717, 1.165) is 10.6 Å². The first-order chi connectivity index (χ1) is 9.70. The minimum atomic E-state index is 0.467. The van der Waals surface area contributed by atoms with Crippen LogP contribution in [0.3, 0.4) is 0 Å². The van der Waals surface area contributed by atoms with E-state index in [4.69, 9.17) is 11.6 Å². The van der Waals surface area contributed by atoms with Gasteiger partial charge in [-0.15, -0.1) is 0 Å². The van der Waals surface area contributed by atoms with Gasteiger partial charge in [0.1, 0.15) is 0 Å². The summed E-state index contributed by atoms with van der Waals surface area (Å²) in [6.45, 7) is 2.05. The molecule has 0 aromatic heterocycles. The molecule has 1 nitrogen and oxygen atoms in total. The Kier molecular flexibility index (Phi) is 3.82. The first kappa shape index (κ1) is 13.7. The van der Waals surface area contributed by atoms with Crippen molar-refractivity contribution in [1.82, 2.24) is 5.32 Å². The maximum Gasteiger partial charge on any atom is 0.0438 e. The van der Waals surface area contributed by atoms with Crippen LogP contribution in [-0.2, 0) is 0 Å². The second-order valence-electron chi connectivity index (χ2n) is 5.61. The fourth-order valence-electron chi connectivity index (χ4n) is 3.26. The Labute approximate surface area is 126 Å². The van der Waals surface area contributed by atoms with E-state index in [1.165, 1.54) is 29.5 Å². The van der Waals surface area contributed by atoms with Gasteiger partial charge in [0.2, 0.25) is 0 Å². The summed E-state index contributed by atoms with van der Waals surface area (Å²) in [5, 5.41) is 4.30. The number of hydrogen-bond acceptors (Lipinski definition) is 1. The van der Waals surface area contributed by atoms with Gasteiger partial charge in [0.15, 0.2) is 0 Å². The lowest BCUT2D eigenvalue weighted by atomic mass is 9.76. The van der Waals surface area contributed by atoms with E-state index in [2.05, 4.69) is 54.7 Å². The molecule has 2 aromatic carbocycles. The molecule has 0 fully saturated rings. The molecular weight excluding hydrogens is 266 g/mol. The Hall–Kier alpha value is -1.31. The van der Waals surface area contributed by atoms with Crippen LogP contribution < -0.4 is 5.32 Å². The molecule has 0 spiro atoms. The van der Waals surface area contributed by atoms with Crippen molar-refractivity contribution in [3.63, 3.8) is 0 Å². The van der Waals surface area contributed by atoms with Gasteiger partial charge < -0.3 is 5.32 Å². The van der Waals surface area contributed by atoms with E-state index in [9.17, 15) is 0 Å². The Morgan fingerprint density at radius 2 is 1.80 bits per heavy atom. The molecule has 0 amide bonds. The van der Waals surface area contributed by atoms with Crippen LogP contribution >= 0.6 is 11.6 Å². The average molecular weight is 286 g/mol. The van der Waals surface area contributed by atoms with Crippen molar-refractivity contribution < 1.29 is 0 Å². The van der Waals surface area contributed by atoms with Crippen LogP contribution in [0.4, 0.5) is 0 Å². The van der Waals surface area contributed by atoms with E-state index in [1.807, 2.05) is 7.05 Å². The van der Waals surface area contributed by atoms with Crippen LogP contribution in [0.2, 0.25) is 5.02 Å². The van der Waals surface area contributed by atoms with E-state index in [-0.39, 0.29) is 0 Å². The van der Waals surface area contributed by atoms with Gasteiger partial charge in [-0.1, -0.05) is 48.0 Å². The molecule has 1 aliphatic carbocycles. The lowest BCUT2D eigenvalue weighted by Gasteiger charge is -2.32. The summed E-state index contributed by atoms with van der Waals surface area (Å²) >= 11 is 6.30. The highest BCUT2D eigenvalue weighted by molar-refractivity contribution is 6.31. The molecule has 2 heteroatoms. The minimum Gasteiger partial charge on any atom is -0.313 e. The first-order valence-corrected chi connectivity index (χ1v) is 7.60. The molecule has 0 bridgehead atoms. The van der Waals surface area contributed by atoms with Crippen LogP contribution in [0.1, 0.15) is 47.1 Å². The van der Waals surface area contributed by atoms with Crippen molar-refractivity contribution in [2.45, 2.75) is 31.7 Å². The highest BCUT2D eigenvalue weighted by Crippen LogP contribution is 2.41. The minimum absolute atomic E-state index is 0.467. The van der Waals surface area contributed by atoms with Crippen LogP contribution in [0.5, 0.6) is 0 Å². The summed E-state index contributed by atoms with van der Waals surface area (Å²) in [7, 11) is 2.05. The van der Waals surface area contributed by atoms with Crippen LogP contribution in [0, 0.1) is 6.92 Å². The molecule has 1 aliphatic rings. The molecule has 2 unspecified atom stereocenters. The highest BCUT2D eigenvalue weighted by Gasteiger charge is 2.27. The summed E-state index contributed by atoms with van der Waals surface area (Å²) in [6.07, 6.45) is 2.34. The third kappa shape index (κ3) is 2.36. The number of benzene rings is 2. The second kappa shape index (κ2) is 5.59. The zero-order valence-corrected chi connectivity index (χ0v) is 12.7. The van der Waals surface area contributed by atoms with E-state index in [0.29, 0.717) is 12.0 Å². The van der Waals surface area contributed by atoms with Gasteiger partial charge >= 0.3 is 0 Å². The summed E-state index contributed by atoms with van der Waals surface area (Å²) in [4.78, 5) is 0. The van der Waals surface area contributed by atoms with Gasteiger partial charge in [0.25, 0.3) is 0 Å². The molecule has 104 valence electrons. The molecule has 0 saturated carbocycles. The predicted octanol–water partition coefficient (Wildman–Crippen LogP) is 4.83. The van der Waals surface area contributed by atoms with Gasteiger partial charge in [0.05, 0.1) is 0 Å². The number of hydrogen-bond donors (Lipinski definition) is 1. The lowest BCUT2D eigenvalue weighted by molar-refractivity contribution is 0.471. The zero-order chi connectivity index (χ0) is 14.1. The van der Waals surface area contributed by atoms with Crippen LogP contribution in [0.25, 0.3) is 0 Å². The van der Waals surface area contributed by atoms with E-state index < -0.39 is 0 Å². The molecule has 2 aromatic rings. The summed E-state index contributed by atoms with van der Waals surface area (Å²) in [6, 6.07) is 15.7. The van der Waals surface area contributed by atoms with E-state index in [1.54, 1.807) is 0 Å². The molecule has 0 heterocycles. The number of halogens is 1. The molecule has 3 rings (SSSR count). The third-order valence-corrected chi connectivity index (χ3v) is 4.84. The Bertz CT molecular complexity index is 621. The molecule has 0 radical (unpaired) electrons. The van der Waals surface area contributed by atoms with Gasteiger partial charge in [-0.05, 0) is 55.1 Å². The second-order valence-corrected chi connectivity index (χ2v) is 6.02. The number of aryl methyl sites for hydroxylation is 1. The van der Waals surface area contributed by atoms with Crippen molar-refractivity contribution in [2.24, 2.45) is 0 Å². The normalized spacial score (nSPS) is 21.6. The Morgan fingerprint density at radius 3 is 2.50 bits per heavy atom. The molecule has 0 saturated heterocycles. The summed E-state index contributed by atoms with van der Waals surface area (Å²) in [5.74, 6) is 0.467. The van der Waals surface area contributed by atoms with Crippen molar-refractivity contribution >= 4 is 11.6 Å². The SMILES string of the molecule is CNC1CCC(c2ccc(C)c(Cl)c2)c2ccccc21. The summed E-state index contributed by atoms with van der Waals surface area (Å²) in [5.41, 5.74) is 5.36. The molecule has 2 atom stereocenters. The fraction of sp³-hybridized carbons (Fsp3) is 0.333. The smallest absolute Gasteiger partial charge is 0.0438 e. The Morgan fingerprint density at radius 1 is 1.05 bits per heavy atom. The summed E-state index contributed by atoms with van der Waals surface area (Å²) < 4.78 is 0. The third-order valence-electron chi connectivity index (χ3n) is 4.44. The van der Waals surface area contributed by atoms with Crippen molar-refractivity contribution in [3.8, 4) is 0 Å². The number of nitrogens with one attached hydrogen (secondary N) is 1. The van der Waals surface area contributed by atoms with Gasteiger partial charge in [-0.3, -0.25) is 0 Å². The average Bonchev–Trinajstić information content (AvgIpc) is 2.49. The fourth-order valence-corrected chi connectivity index (χ4v) is 3.45. The predicted molar refractivity (Wildman–Crippen MR) is 85.5 cm³/mol. The number of rotatable bonds is 2. The maximum absolute atomic E-state index is 6.30. The first-order valence-electron chi connectivity index (χ1n) is 7.23. The van der Waals surface area contributed by atoms with Crippen LogP contribution in [0.15, 0.2) is 42.5 Å². The van der Waals surface area contributed by atoms with E-state index >= 15 is 0 Å². The molecule has 1 N–H and O–H groups in total. The van der Waals surface area contributed by atoms with Crippen molar-refractivity contribution in [2.75, 3.05) is 7.05 Å². The largest absolute Gasteiger partial charge is 0.313 e. The number of fused-ring (bicyclic) bond motifs is 1. The molecule has 20 heavy (non-hydrogen) atoms. The lowest BCUT2D eigenvalue weighted by Crippen LogP contribution is -2.24. The topological polar surface area (TPSA) is 12.0 Å². The van der Waals surface area contributed by atoms with Crippen LogP contribution in [-0.4, -0.2) is 7.05 Å². The molecular formula is C18H20ClN. The van der Waals surface area contributed by atoms with Gasteiger partial charge in [0, 0.05) is 17.0 Å². The van der Waals surface area contributed by atoms with Crippen molar-refractivity contribution in [1.29, 1.82) is 0 Å². The zero-order valence-electron chi connectivity index (χ0n) is 12.0. The van der Waals surface area contributed by atoms with Crippen molar-refractivity contribution in [3.05, 3.63) is 69.7 Å². The molecule has 0 aliphatic heterocycles. The highest BCUT2D eigenvalue weighted by atomic mass is 35.5. The quantitative estimate of drug-likeness (QED) is 0.833.